The molecule has 0 radical (unpaired) electrons. The van der Waals surface area contributed by atoms with Gasteiger partial charge in [0.25, 0.3) is 0 Å². The molecule has 10 nitrogen and oxygen atoms in total. The number of hydrogen-bond donors (Lipinski definition) is 4. The zero-order valence-electron chi connectivity index (χ0n) is 18.4. The number of sulfonamides is 1. The molecule has 2 aromatic heterocycles. The number of nitrogens with one attached hydrogen (secondary N) is 1. The highest BCUT2D eigenvalue weighted by Crippen LogP contribution is 2.47. The molecule has 3 rings (SSSR count). The van der Waals surface area contributed by atoms with E-state index < -0.39 is 15.8 Å². The van der Waals surface area contributed by atoms with Crippen LogP contribution < -0.4 is 5.32 Å². The van der Waals surface area contributed by atoms with E-state index in [1.807, 2.05) is 6.92 Å². The minimum absolute atomic E-state index is 0.00562. The predicted octanol–water partition coefficient (Wildman–Crippen LogP) is 3.57. The van der Waals surface area contributed by atoms with Crippen molar-refractivity contribution >= 4 is 32.8 Å². The molecule has 0 saturated carbocycles. The molecule has 0 aliphatic rings. The van der Waals surface area contributed by atoms with Crippen molar-refractivity contribution in [2.45, 2.75) is 25.2 Å². The summed E-state index contributed by atoms with van der Waals surface area (Å²) in [7, 11) is 0.224. The van der Waals surface area contributed by atoms with Crippen LogP contribution in [0.2, 0.25) is 0 Å². The van der Waals surface area contributed by atoms with E-state index in [9.17, 15) is 23.7 Å². The van der Waals surface area contributed by atoms with Crippen molar-refractivity contribution in [3.8, 4) is 17.5 Å². The summed E-state index contributed by atoms with van der Waals surface area (Å²) in [6.07, 6.45) is 0.475. The van der Waals surface area contributed by atoms with Crippen molar-refractivity contribution in [3.05, 3.63) is 41.9 Å². The number of aryl methyl sites for hydroxylation is 1. The number of rotatable bonds is 7. The molecular weight excluding hydrogens is 436 g/mol. The lowest BCUT2D eigenvalue weighted by molar-refractivity contribution is 0.388. The lowest BCUT2D eigenvalue weighted by Gasteiger charge is -2.15. The molecule has 0 saturated heterocycles. The highest BCUT2D eigenvalue weighted by atomic mass is 32.2. The number of aromatic nitrogens is 1. The van der Waals surface area contributed by atoms with Gasteiger partial charge in [0.05, 0.1) is 11.4 Å². The lowest BCUT2D eigenvalue weighted by Crippen LogP contribution is -2.22. The second kappa shape index (κ2) is 8.60. The van der Waals surface area contributed by atoms with Crippen LogP contribution in [0.3, 0.4) is 0 Å². The van der Waals surface area contributed by atoms with Crippen LogP contribution in [-0.4, -0.2) is 52.4 Å². The zero-order chi connectivity index (χ0) is 23.8. The van der Waals surface area contributed by atoms with Crippen LogP contribution in [0.1, 0.15) is 24.9 Å². The number of aliphatic imine (C=N–C) groups is 1. The Kier molecular flexibility index (Phi) is 6.24. The fourth-order valence-corrected chi connectivity index (χ4v) is 4.06. The van der Waals surface area contributed by atoms with Gasteiger partial charge in [-0.2, -0.15) is 0 Å². The van der Waals surface area contributed by atoms with Gasteiger partial charge in [-0.3, -0.25) is 4.57 Å². The molecule has 0 spiro atoms. The average molecular weight is 463 g/mol. The molecule has 0 aliphatic heterocycles. The van der Waals surface area contributed by atoms with Gasteiger partial charge in [0.1, 0.15) is 22.1 Å². The molecule has 0 amide bonds. The molecule has 0 atom stereocenters. The van der Waals surface area contributed by atoms with Crippen molar-refractivity contribution in [2.24, 2.45) is 12.0 Å². The number of para-hydroxylation sites is 1. The van der Waals surface area contributed by atoms with E-state index >= 15 is 0 Å². The third-order valence-electron chi connectivity index (χ3n) is 4.93. The molecule has 11 heteroatoms. The number of nitrogens with zero attached hydrogens (tertiary/aromatic N) is 3. The highest BCUT2D eigenvalue weighted by Gasteiger charge is 2.26. The topological polar surface area (TPSA) is 141 Å². The number of furan rings is 1. The molecule has 0 fully saturated rings. The van der Waals surface area contributed by atoms with Crippen LogP contribution in [-0.2, 0) is 17.1 Å². The van der Waals surface area contributed by atoms with Gasteiger partial charge in [-0.1, -0.05) is 13.0 Å². The summed E-state index contributed by atoms with van der Waals surface area (Å²) in [5.74, 6) is 0.00344. The molecular formula is C21H26N4O6S. The SMILES string of the molecule is CCC(=Nc1c(Nc2cccc(S(=O)(=O)N(C)C)c2O)c(O)n(C)c1O)c1ccc(C)o1. The van der Waals surface area contributed by atoms with Crippen LogP contribution in [0.4, 0.5) is 17.1 Å². The van der Waals surface area contributed by atoms with Crippen molar-refractivity contribution in [3.63, 3.8) is 0 Å². The van der Waals surface area contributed by atoms with Crippen molar-refractivity contribution in [1.82, 2.24) is 8.87 Å². The summed E-state index contributed by atoms with van der Waals surface area (Å²) in [4.78, 5) is 4.18. The fourth-order valence-electron chi connectivity index (χ4n) is 3.06. The van der Waals surface area contributed by atoms with E-state index in [1.54, 1.807) is 19.1 Å². The summed E-state index contributed by atoms with van der Waals surface area (Å²) < 4.78 is 32.7. The molecule has 0 bridgehead atoms. The minimum atomic E-state index is -3.92. The third-order valence-corrected chi connectivity index (χ3v) is 6.78. The number of hydrogen-bond acceptors (Lipinski definition) is 8. The Balaban J connectivity index is 2.14. The molecule has 172 valence electrons. The van der Waals surface area contributed by atoms with Crippen LogP contribution >= 0.6 is 0 Å². The van der Waals surface area contributed by atoms with Crippen LogP contribution in [0.5, 0.6) is 17.5 Å². The summed E-state index contributed by atoms with van der Waals surface area (Å²) >= 11 is 0. The Morgan fingerprint density at radius 1 is 1.16 bits per heavy atom. The largest absolute Gasteiger partial charge is 0.504 e. The molecule has 3 aromatic rings. The molecule has 2 heterocycles. The molecule has 1 aromatic carbocycles. The number of anilines is 2. The highest BCUT2D eigenvalue weighted by molar-refractivity contribution is 7.89. The summed E-state index contributed by atoms with van der Waals surface area (Å²) in [6, 6.07) is 7.70. The van der Waals surface area contributed by atoms with Gasteiger partial charge in [0.2, 0.25) is 21.8 Å². The number of benzene rings is 1. The van der Waals surface area contributed by atoms with Crippen LogP contribution in [0, 0.1) is 6.92 Å². The molecule has 0 unspecified atom stereocenters. The number of phenolic OH excluding ortho intramolecular Hbond substituents is 1. The van der Waals surface area contributed by atoms with E-state index in [0.29, 0.717) is 23.7 Å². The van der Waals surface area contributed by atoms with E-state index in [-0.39, 0.29) is 33.7 Å². The van der Waals surface area contributed by atoms with Gasteiger partial charge < -0.3 is 25.1 Å². The van der Waals surface area contributed by atoms with Crippen molar-refractivity contribution in [2.75, 3.05) is 19.4 Å². The van der Waals surface area contributed by atoms with Crippen LogP contribution in [0.25, 0.3) is 0 Å². The minimum Gasteiger partial charge on any atom is -0.504 e. The molecule has 4 N–H and O–H groups in total. The van der Waals surface area contributed by atoms with Crippen LogP contribution in [0.15, 0.2) is 44.6 Å². The summed E-state index contributed by atoms with van der Waals surface area (Å²) in [5, 5.41) is 34.6. The van der Waals surface area contributed by atoms with Crippen molar-refractivity contribution < 1.29 is 28.2 Å². The Morgan fingerprint density at radius 3 is 2.41 bits per heavy atom. The average Bonchev–Trinajstić information content (AvgIpc) is 3.25. The van der Waals surface area contributed by atoms with Gasteiger partial charge in [0.15, 0.2) is 11.4 Å². The summed E-state index contributed by atoms with van der Waals surface area (Å²) in [6.45, 7) is 3.66. The van der Waals surface area contributed by atoms with Gasteiger partial charge in [-0.25, -0.2) is 17.7 Å². The Hall–Kier alpha value is -3.44. The third kappa shape index (κ3) is 4.04. The van der Waals surface area contributed by atoms with Gasteiger partial charge in [-0.05, 0) is 37.6 Å². The van der Waals surface area contributed by atoms with Crippen molar-refractivity contribution in [1.29, 1.82) is 0 Å². The molecule has 32 heavy (non-hydrogen) atoms. The first-order valence-corrected chi connectivity index (χ1v) is 11.2. The zero-order valence-corrected chi connectivity index (χ0v) is 19.2. The first kappa shape index (κ1) is 23.2. The van der Waals surface area contributed by atoms with Gasteiger partial charge >= 0.3 is 0 Å². The predicted molar refractivity (Wildman–Crippen MR) is 121 cm³/mol. The number of phenols is 1. The quantitative estimate of drug-likeness (QED) is 0.311. The monoisotopic (exact) mass is 462 g/mol. The fraction of sp³-hybridized carbons (Fsp3) is 0.286. The normalized spacial score (nSPS) is 12.5. The smallest absolute Gasteiger partial charge is 0.246 e. The van der Waals surface area contributed by atoms with E-state index in [4.69, 9.17) is 4.42 Å². The van der Waals surface area contributed by atoms with E-state index in [2.05, 4.69) is 10.3 Å². The second-order valence-electron chi connectivity index (χ2n) is 7.32. The Morgan fingerprint density at radius 2 is 1.84 bits per heavy atom. The van der Waals surface area contributed by atoms with E-state index in [0.717, 1.165) is 8.87 Å². The Labute approximate surface area is 186 Å². The maximum atomic E-state index is 12.5. The second-order valence-corrected chi connectivity index (χ2v) is 9.44. The Bertz CT molecular complexity index is 1290. The number of aromatic hydroxyl groups is 3. The lowest BCUT2D eigenvalue weighted by atomic mass is 10.2. The van der Waals surface area contributed by atoms with E-state index in [1.165, 1.54) is 39.3 Å². The van der Waals surface area contributed by atoms with Gasteiger partial charge in [0, 0.05) is 21.1 Å². The first-order chi connectivity index (χ1) is 15.0. The standard InChI is InChI=1S/C21H26N4O6S/c1-6-13(15-11-10-12(2)31-15)22-17-18(21(28)25(5)20(17)27)23-14-8-7-9-16(19(14)26)32(29,30)24(3)4/h7-11,23,26-28H,6H2,1-5H3. The maximum Gasteiger partial charge on any atom is 0.246 e. The summed E-state index contributed by atoms with van der Waals surface area (Å²) in [5.41, 5.74) is 0.539. The van der Waals surface area contributed by atoms with Gasteiger partial charge in [-0.15, -0.1) is 0 Å². The first-order valence-electron chi connectivity index (χ1n) is 9.75. The molecule has 0 aliphatic carbocycles. The maximum absolute atomic E-state index is 12.5.